The second-order valence-electron chi connectivity index (χ2n) is 10.3. The molecule has 224 valence electrons. The molecule has 0 unspecified atom stereocenters. The first-order chi connectivity index (χ1) is 20.0. The Morgan fingerprint density at radius 2 is 1.62 bits per heavy atom. The molecule has 0 bridgehead atoms. The Labute approximate surface area is 241 Å². The summed E-state index contributed by atoms with van der Waals surface area (Å²) in [4.78, 5) is 45.3. The highest BCUT2D eigenvalue weighted by Gasteiger charge is 2.42. The van der Waals surface area contributed by atoms with Crippen molar-refractivity contribution in [2.24, 2.45) is 5.41 Å². The molecule has 2 amide bonds. The molecule has 1 saturated heterocycles. The zero-order chi connectivity index (χ0) is 30.5. The van der Waals surface area contributed by atoms with Crippen molar-refractivity contribution in [1.29, 1.82) is 0 Å². The van der Waals surface area contributed by atoms with Gasteiger partial charge in [0.05, 0.1) is 5.41 Å². The summed E-state index contributed by atoms with van der Waals surface area (Å²) in [6, 6.07) is 14.6. The Morgan fingerprint density at radius 3 is 2.21 bits per heavy atom. The Morgan fingerprint density at radius 1 is 0.952 bits per heavy atom. The Hall–Kier alpha value is -4.35. The lowest BCUT2D eigenvalue weighted by atomic mass is 9.79. The van der Waals surface area contributed by atoms with Gasteiger partial charge in [-0.2, -0.15) is 13.2 Å². The molecule has 0 aliphatic carbocycles. The van der Waals surface area contributed by atoms with E-state index in [-0.39, 0.29) is 23.9 Å². The fraction of sp³-hybridized carbons (Fsp3) is 0.400. The van der Waals surface area contributed by atoms with Crippen molar-refractivity contribution < 1.29 is 37.1 Å². The van der Waals surface area contributed by atoms with Crippen molar-refractivity contribution in [2.45, 2.75) is 45.7 Å². The van der Waals surface area contributed by atoms with Crippen molar-refractivity contribution in [3.8, 4) is 11.5 Å². The molecule has 1 aliphatic heterocycles. The molecule has 1 fully saturated rings. The number of aliphatic carboxylic acids is 1. The lowest BCUT2D eigenvalue weighted by Gasteiger charge is -2.30. The van der Waals surface area contributed by atoms with Gasteiger partial charge in [-0.15, -0.1) is 0 Å². The van der Waals surface area contributed by atoms with Gasteiger partial charge >= 0.3 is 12.1 Å². The Balaban J connectivity index is 1.41. The summed E-state index contributed by atoms with van der Waals surface area (Å²) in [5.74, 6) is -3.98. The number of aromatic nitrogens is 1. The molecule has 0 radical (unpaired) electrons. The van der Waals surface area contributed by atoms with E-state index in [1.807, 2.05) is 0 Å². The quantitative estimate of drug-likeness (QED) is 0.319. The van der Waals surface area contributed by atoms with Gasteiger partial charge in [0, 0.05) is 49.5 Å². The number of carboxylic acid groups (broad SMARTS) is 1. The standard InChI is InChI=1S/C30H33F3N4O5/c1-3-29(4-2,28(40)41)19-23(38)37-16-8-15-36(17-18-37)22-13-11-21(12-14-22)34-26(39)24-25(30(31,32)33)42-27(35-24)20-9-6-5-7-10-20/h5-7,9-14H,3-4,8,15-19H2,1-2H3,(H,34,39)(H,40,41). The van der Waals surface area contributed by atoms with Crippen LogP contribution in [0.5, 0.6) is 0 Å². The van der Waals surface area contributed by atoms with Crippen molar-refractivity contribution in [1.82, 2.24) is 9.88 Å². The van der Waals surface area contributed by atoms with Crippen LogP contribution in [0.25, 0.3) is 11.5 Å². The second kappa shape index (κ2) is 12.7. The van der Waals surface area contributed by atoms with Crippen LogP contribution in [0.1, 0.15) is 55.8 Å². The molecule has 0 saturated carbocycles. The third-order valence-electron chi connectivity index (χ3n) is 7.76. The van der Waals surface area contributed by atoms with Crippen LogP contribution < -0.4 is 10.2 Å². The third kappa shape index (κ3) is 6.75. The molecule has 42 heavy (non-hydrogen) atoms. The highest BCUT2D eigenvalue weighted by Crippen LogP contribution is 2.36. The van der Waals surface area contributed by atoms with Crippen molar-refractivity contribution in [3.05, 3.63) is 66.1 Å². The predicted octanol–water partition coefficient (Wildman–Crippen LogP) is 5.93. The van der Waals surface area contributed by atoms with Crippen LogP contribution in [-0.4, -0.2) is 59.0 Å². The maximum Gasteiger partial charge on any atom is 0.452 e. The highest BCUT2D eigenvalue weighted by atomic mass is 19.4. The van der Waals surface area contributed by atoms with Gasteiger partial charge in [0.25, 0.3) is 5.91 Å². The second-order valence-corrected chi connectivity index (χ2v) is 10.3. The van der Waals surface area contributed by atoms with E-state index >= 15 is 0 Å². The van der Waals surface area contributed by atoms with E-state index in [1.165, 1.54) is 12.1 Å². The number of hydrogen-bond acceptors (Lipinski definition) is 6. The van der Waals surface area contributed by atoms with Crippen LogP contribution in [0.3, 0.4) is 0 Å². The minimum absolute atomic E-state index is 0.0435. The molecule has 0 spiro atoms. The van der Waals surface area contributed by atoms with E-state index in [9.17, 15) is 32.7 Å². The van der Waals surface area contributed by atoms with Gasteiger partial charge < -0.3 is 24.6 Å². The number of alkyl halides is 3. The van der Waals surface area contributed by atoms with Gasteiger partial charge in [-0.3, -0.25) is 14.4 Å². The molecule has 9 nitrogen and oxygen atoms in total. The maximum atomic E-state index is 13.6. The largest absolute Gasteiger partial charge is 0.481 e. The van der Waals surface area contributed by atoms with E-state index in [4.69, 9.17) is 4.42 Å². The zero-order valence-corrected chi connectivity index (χ0v) is 23.4. The fourth-order valence-electron chi connectivity index (χ4n) is 5.02. The molecule has 2 aromatic carbocycles. The monoisotopic (exact) mass is 586 g/mol. The Bertz CT molecular complexity index is 1400. The first-order valence-electron chi connectivity index (χ1n) is 13.8. The van der Waals surface area contributed by atoms with Crippen LogP contribution in [0.4, 0.5) is 24.5 Å². The number of carbonyl (C=O) groups excluding carboxylic acids is 2. The molecule has 1 aromatic heterocycles. The van der Waals surface area contributed by atoms with E-state index in [2.05, 4.69) is 15.2 Å². The van der Waals surface area contributed by atoms with E-state index in [0.717, 1.165) is 5.69 Å². The van der Waals surface area contributed by atoms with Crippen LogP contribution in [0, 0.1) is 5.41 Å². The SMILES string of the molecule is CCC(CC)(CC(=O)N1CCCN(c2ccc(NC(=O)c3nc(-c4ccccc4)oc3C(F)(F)F)cc2)CC1)C(=O)O. The average Bonchev–Trinajstić information content (AvgIpc) is 3.30. The van der Waals surface area contributed by atoms with Gasteiger partial charge in [-0.05, 0) is 55.7 Å². The van der Waals surface area contributed by atoms with Gasteiger partial charge in [-0.25, -0.2) is 4.98 Å². The topological polar surface area (TPSA) is 116 Å². The molecule has 2 heterocycles. The number of halogens is 3. The highest BCUT2D eigenvalue weighted by molar-refractivity contribution is 6.04. The lowest BCUT2D eigenvalue weighted by molar-refractivity contribution is -0.154. The number of nitrogens with one attached hydrogen (secondary N) is 1. The third-order valence-corrected chi connectivity index (χ3v) is 7.76. The summed E-state index contributed by atoms with van der Waals surface area (Å²) in [6.07, 6.45) is -3.54. The fourth-order valence-corrected chi connectivity index (χ4v) is 5.02. The van der Waals surface area contributed by atoms with E-state index < -0.39 is 34.9 Å². The molecule has 1 aliphatic rings. The van der Waals surface area contributed by atoms with E-state index in [0.29, 0.717) is 51.0 Å². The molecule has 2 N–H and O–H groups in total. The minimum Gasteiger partial charge on any atom is -0.481 e. The van der Waals surface area contributed by atoms with Crippen LogP contribution in [0.15, 0.2) is 59.0 Å². The number of nitrogens with zero attached hydrogens (tertiary/aromatic N) is 3. The maximum absolute atomic E-state index is 13.6. The summed E-state index contributed by atoms with van der Waals surface area (Å²) in [5.41, 5.74) is -0.536. The summed E-state index contributed by atoms with van der Waals surface area (Å²) < 4.78 is 45.8. The molecule has 12 heteroatoms. The minimum atomic E-state index is -4.92. The van der Waals surface area contributed by atoms with Gasteiger partial charge in [0.1, 0.15) is 0 Å². The number of amides is 2. The van der Waals surface area contributed by atoms with Crippen molar-refractivity contribution in [3.63, 3.8) is 0 Å². The number of carbonyl (C=O) groups is 3. The Kier molecular flexibility index (Phi) is 9.23. The summed E-state index contributed by atoms with van der Waals surface area (Å²) in [7, 11) is 0. The van der Waals surface area contributed by atoms with Crippen LogP contribution in [0.2, 0.25) is 0 Å². The van der Waals surface area contributed by atoms with Crippen LogP contribution >= 0.6 is 0 Å². The van der Waals surface area contributed by atoms with Gasteiger partial charge in [0.15, 0.2) is 5.69 Å². The molecular weight excluding hydrogens is 553 g/mol. The van der Waals surface area contributed by atoms with Gasteiger partial charge in [-0.1, -0.05) is 32.0 Å². The summed E-state index contributed by atoms with van der Waals surface area (Å²) in [6.45, 7) is 5.67. The zero-order valence-electron chi connectivity index (χ0n) is 23.4. The normalized spacial score (nSPS) is 14.4. The molecule has 3 aromatic rings. The number of benzene rings is 2. The van der Waals surface area contributed by atoms with Crippen molar-refractivity contribution in [2.75, 3.05) is 36.4 Å². The molecular formula is C30H33F3N4O5. The number of rotatable bonds is 9. The number of carboxylic acids is 1. The van der Waals surface area contributed by atoms with Crippen LogP contribution in [-0.2, 0) is 15.8 Å². The van der Waals surface area contributed by atoms with E-state index in [1.54, 1.807) is 61.2 Å². The van der Waals surface area contributed by atoms with Crippen molar-refractivity contribution >= 4 is 29.2 Å². The predicted molar refractivity (Wildman–Crippen MR) is 150 cm³/mol. The number of anilines is 2. The summed E-state index contributed by atoms with van der Waals surface area (Å²) in [5, 5.41) is 12.2. The first-order valence-corrected chi connectivity index (χ1v) is 13.8. The first kappa shape index (κ1) is 30.6. The molecule has 4 rings (SSSR count). The smallest absolute Gasteiger partial charge is 0.452 e. The van der Waals surface area contributed by atoms with Gasteiger partial charge in [0.2, 0.25) is 17.6 Å². The lowest BCUT2D eigenvalue weighted by Crippen LogP contribution is -2.41. The number of hydrogen-bond donors (Lipinski definition) is 2. The summed E-state index contributed by atoms with van der Waals surface area (Å²) >= 11 is 0. The molecule has 0 atom stereocenters. The number of oxazole rings is 1. The average molecular weight is 587 g/mol.